The molecule has 0 aromatic rings. The highest BCUT2D eigenvalue weighted by Crippen LogP contribution is 2.18. The Morgan fingerprint density at radius 1 is 1.07 bits per heavy atom. The van der Waals surface area contributed by atoms with Crippen LogP contribution in [0, 0.1) is 5.92 Å². The fraction of sp³-hybridized carbons (Fsp3) is 1.00. The molecule has 84 valence electrons. The van der Waals surface area contributed by atoms with Crippen molar-refractivity contribution in [3.63, 3.8) is 0 Å². The van der Waals surface area contributed by atoms with Gasteiger partial charge in [0.1, 0.15) is 0 Å². The maximum absolute atomic E-state index is 3.62. The number of unbranched alkanes of at least 4 members (excludes halogenated alkanes) is 3. The second-order valence-corrected chi connectivity index (χ2v) is 5.18. The second kappa shape index (κ2) is 7.28. The molecule has 0 aromatic heterocycles. The van der Waals surface area contributed by atoms with Gasteiger partial charge in [-0.3, -0.25) is 0 Å². The Labute approximate surface area is 89.7 Å². The summed E-state index contributed by atoms with van der Waals surface area (Å²) in [6.45, 7) is 5.89. The molecule has 0 bridgehead atoms. The summed E-state index contributed by atoms with van der Waals surface area (Å²) in [6, 6.07) is 0.880. The van der Waals surface area contributed by atoms with Crippen LogP contribution in [-0.2, 0) is 0 Å². The molecule has 1 nitrogen and oxygen atoms in total. The SMILES string of the molecule is CC(C)CCCCCCNC1CCC1. The summed E-state index contributed by atoms with van der Waals surface area (Å²) in [5.74, 6) is 0.892. The normalized spacial score (nSPS) is 17.4. The van der Waals surface area contributed by atoms with Gasteiger partial charge in [0.2, 0.25) is 0 Å². The summed E-state index contributed by atoms with van der Waals surface area (Å²) in [4.78, 5) is 0. The molecule has 1 heteroatoms. The largest absolute Gasteiger partial charge is 0.314 e. The van der Waals surface area contributed by atoms with Crippen LogP contribution in [0.4, 0.5) is 0 Å². The molecule has 1 aliphatic carbocycles. The molecule has 0 heterocycles. The van der Waals surface area contributed by atoms with Crippen molar-refractivity contribution >= 4 is 0 Å². The van der Waals surface area contributed by atoms with Crippen LogP contribution in [0.15, 0.2) is 0 Å². The van der Waals surface area contributed by atoms with E-state index in [0.717, 1.165) is 12.0 Å². The fourth-order valence-corrected chi connectivity index (χ4v) is 1.95. The molecule has 0 unspecified atom stereocenters. The van der Waals surface area contributed by atoms with E-state index in [0.29, 0.717) is 0 Å². The van der Waals surface area contributed by atoms with Gasteiger partial charge in [0.05, 0.1) is 0 Å². The first-order valence-electron chi connectivity index (χ1n) is 6.52. The Balaban J connectivity index is 1.71. The van der Waals surface area contributed by atoms with Crippen molar-refractivity contribution in [3.8, 4) is 0 Å². The third-order valence-corrected chi connectivity index (χ3v) is 3.25. The molecule has 1 fully saturated rings. The predicted octanol–water partition coefficient (Wildman–Crippen LogP) is 3.74. The van der Waals surface area contributed by atoms with E-state index in [4.69, 9.17) is 0 Å². The first-order valence-corrected chi connectivity index (χ1v) is 6.52. The average Bonchev–Trinajstić information content (AvgIpc) is 2.06. The Bertz CT molecular complexity index is 127. The van der Waals surface area contributed by atoms with Gasteiger partial charge in [-0.25, -0.2) is 0 Å². The number of rotatable bonds is 8. The van der Waals surface area contributed by atoms with E-state index < -0.39 is 0 Å². The maximum atomic E-state index is 3.62. The zero-order chi connectivity index (χ0) is 10.2. The second-order valence-electron chi connectivity index (χ2n) is 5.18. The Morgan fingerprint density at radius 2 is 1.79 bits per heavy atom. The van der Waals surface area contributed by atoms with Gasteiger partial charge in [0.15, 0.2) is 0 Å². The molecule has 0 saturated heterocycles. The number of hydrogen-bond acceptors (Lipinski definition) is 1. The average molecular weight is 197 g/mol. The Morgan fingerprint density at radius 3 is 2.36 bits per heavy atom. The third-order valence-electron chi connectivity index (χ3n) is 3.25. The smallest absolute Gasteiger partial charge is 0.00670 e. The van der Waals surface area contributed by atoms with Crippen LogP contribution < -0.4 is 5.32 Å². The molecule has 0 aromatic carbocycles. The quantitative estimate of drug-likeness (QED) is 0.585. The van der Waals surface area contributed by atoms with E-state index in [1.165, 1.54) is 57.9 Å². The van der Waals surface area contributed by atoms with Crippen LogP contribution >= 0.6 is 0 Å². The van der Waals surface area contributed by atoms with Crippen LogP contribution in [0.3, 0.4) is 0 Å². The minimum Gasteiger partial charge on any atom is -0.314 e. The summed E-state index contributed by atoms with van der Waals surface area (Å²) in [6.07, 6.45) is 11.4. The zero-order valence-corrected chi connectivity index (χ0v) is 10.0. The summed E-state index contributed by atoms with van der Waals surface area (Å²) >= 11 is 0. The van der Waals surface area contributed by atoms with Crippen LogP contribution in [0.1, 0.15) is 65.2 Å². The van der Waals surface area contributed by atoms with Gasteiger partial charge in [0, 0.05) is 6.04 Å². The zero-order valence-electron chi connectivity index (χ0n) is 10.0. The lowest BCUT2D eigenvalue weighted by molar-refractivity contribution is 0.336. The molecule has 0 amide bonds. The van der Waals surface area contributed by atoms with Crippen molar-refractivity contribution in [2.45, 2.75) is 71.3 Å². The lowest BCUT2D eigenvalue weighted by Crippen LogP contribution is -2.35. The Hall–Kier alpha value is -0.0400. The molecule has 0 atom stereocenters. The first kappa shape index (κ1) is 12.0. The molecule has 0 radical (unpaired) electrons. The van der Waals surface area contributed by atoms with Crippen molar-refractivity contribution in [1.82, 2.24) is 5.32 Å². The first-order chi connectivity index (χ1) is 6.79. The van der Waals surface area contributed by atoms with Crippen molar-refractivity contribution in [2.24, 2.45) is 5.92 Å². The molecule has 0 spiro atoms. The highest BCUT2D eigenvalue weighted by atomic mass is 14.9. The lowest BCUT2D eigenvalue weighted by Gasteiger charge is -2.26. The number of nitrogens with one attached hydrogen (secondary N) is 1. The maximum Gasteiger partial charge on any atom is 0.00670 e. The van der Waals surface area contributed by atoms with E-state index in [1.54, 1.807) is 0 Å². The van der Waals surface area contributed by atoms with Gasteiger partial charge in [-0.1, -0.05) is 46.0 Å². The third kappa shape index (κ3) is 5.64. The highest BCUT2D eigenvalue weighted by molar-refractivity contribution is 4.75. The fourth-order valence-electron chi connectivity index (χ4n) is 1.95. The minimum absolute atomic E-state index is 0.880. The van der Waals surface area contributed by atoms with Crippen molar-refractivity contribution in [2.75, 3.05) is 6.54 Å². The molecule has 1 saturated carbocycles. The van der Waals surface area contributed by atoms with Crippen LogP contribution in [0.25, 0.3) is 0 Å². The van der Waals surface area contributed by atoms with E-state index in [2.05, 4.69) is 19.2 Å². The molecule has 1 aliphatic rings. The summed E-state index contributed by atoms with van der Waals surface area (Å²) in [5.41, 5.74) is 0. The van der Waals surface area contributed by atoms with E-state index in [9.17, 15) is 0 Å². The van der Waals surface area contributed by atoms with Gasteiger partial charge in [-0.05, 0) is 31.7 Å². The number of hydrogen-bond donors (Lipinski definition) is 1. The van der Waals surface area contributed by atoms with Crippen LogP contribution in [-0.4, -0.2) is 12.6 Å². The molecule has 14 heavy (non-hydrogen) atoms. The van der Waals surface area contributed by atoms with Gasteiger partial charge in [-0.2, -0.15) is 0 Å². The monoisotopic (exact) mass is 197 g/mol. The molecule has 0 aliphatic heterocycles. The molecule has 1 N–H and O–H groups in total. The highest BCUT2D eigenvalue weighted by Gasteiger charge is 2.15. The molecular weight excluding hydrogens is 170 g/mol. The van der Waals surface area contributed by atoms with Gasteiger partial charge in [0.25, 0.3) is 0 Å². The minimum atomic E-state index is 0.880. The standard InChI is InChI=1S/C13H27N/c1-12(2)8-5-3-4-6-11-14-13-9-7-10-13/h12-14H,3-11H2,1-2H3. The summed E-state index contributed by atoms with van der Waals surface area (Å²) in [7, 11) is 0. The van der Waals surface area contributed by atoms with E-state index in [-0.39, 0.29) is 0 Å². The van der Waals surface area contributed by atoms with Crippen LogP contribution in [0.2, 0.25) is 0 Å². The summed E-state index contributed by atoms with van der Waals surface area (Å²) < 4.78 is 0. The summed E-state index contributed by atoms with van der Waals surface area (Å²) in [5, 5.41) is 3.62. The topological polar surface area (TPSA) is 12.0 Å². The molecule has 1 rings (SSSR count). The van der Waals surface area contributed by atoms with Crippen LogP contribution in [0.5, 0.6) is 0 Å². The Kier molecular flexibility index (Phi) is 6.25. The lowest BCUT2D eigenvalue weighted by atomic mass is 9.93. The van der Waals surface area contributed by atoms with Gasteiger partial charge < -0.3 is 5.32 Å². The molecular formula is C13H27N. The van der Waals surface area contributed by atoms with Gasteiger partial charge in [-0.15, -0.1) is 0 Å². The van der Waals surface area contributed by atoms with E-state index >= 15 is 0 Å². The van der Waals surface area contributed by atoms with E-state index in [1.807, 2.05) is 0 Å². The van der Waals surface area contributed by atoms with Gasteiger partial charge >= 0.3 is 0 Å². The van der Waals surface area contributed by atoms with Crippen molar-refractivity contribution in [3.05, 3.63) is 0 Å². The van der Waals surface area contributed by atoms with Crippen molar-refractivity contribution < 1.29 is 0 Å². The predicted molar refractivity (Wildman–Crippen MR) is 63.6 cm³/mol. The van der Waals surface area contributed by atoms with Crippen molar-refractivity contribution in [1.29, 1.82) is 0 Å².